The Bertz CT molecular complexity index is 695. The van der Waals surface area contributed by atoms with Gasteiger partial charge in [-0.15, -0.1) is 0 Å². The molecule has 0 bridgehead atoms. The number of aromatic nitrogens is 2. The van der Waals surface area contributed by atoms with Crippen molar-refractivity contribution < 1.29 is 4.39 Å². The standard InChI is InChI=1S/C15H16BrFN2O/c1-8(2)6-12-13(16)15(20)19-14(18-12)11-7-10(17)5-4-9(11)3/h4-5,7-8H,6H2,1-3H3,(H,18,19,20). The van der Waals surface area contributed by atoms with Crippen molar-refractivity contribution in [2.45, 2.75) is 27.2 Å². The second-order valence-electron chi connectivity index (χ2n) is 5.23. The van der Waals surface area contributed by atoms with E-state index in [1.54, 1.807) is 6.07 Å². The Balaban J connectivity index is 2.60. The number of rotatable bonds is 3. The Labute approximate surface area is 125 Å². The predicted molar refractivity (Wildman–Crippen MR) is 81.2 cm³/mol. The zero-order valence-electron chi connectivity index (χ0n) is 11.6. The van der Waals surface area contributed by atoms with Crippen LogP contribution in [0.5, 0.6) is 0 Å². The van der Waals surface area contributed by atoms with Gasteiger partial charge in [-0.1, -0.05) is 19.9 Å². The Hall–Kier alpha value is -1.49. The first-order valence-corrected chi connectivity index (χ1v) is 7.23. The average Bonchev–Trinajstić information content (AvgIpc) is 2.37. The molecule has 20 heavy (non-hydrogen) atoms. The van der Waals surface area contributed by atoms with Gasteiger partial charge >= 0.3 is 0 Å². The summed E-state index contributed by atoms with van der Waals surface area (Å²) in [7, 11) is 0. The summed E-state index contributed by atoms with van der Waals surface area (Å²) in [5.41, 5.74) is 1.93. The minimum Gasteiger partial charge on any atom is -0.306 e. The highest BCUT2D eigenvalue weighted by Crippen LogP contribution is 2.22. The van der Waals surface area contributed by atoms with E-state index in [2.05, 4.69) is 39.7 Å². The molecular formula is C15H16BrFN2O. The monoisotopic (exact) mass is 338 g/mol. The van der Waals surface area contributed by atoms with E-state index in [1.807, 2.05) is 6.92 Å². The highest BCUT2D eigenvalue weighted by molar-refractivity contribution is 9.10. The molecule has 1 heterocycles. The lowest BCUT2D eigenvalue weighted by molar-refractivity contribution is 0.626. The summed E-state index contributed by atoms with van der Waals surface area (Å²) in [6, 6.07) is 4.46. The lowest BCUT2D eigenvalue weighted by Gasteiger charge is -2.10. The van der Waals surface area contributed by atoms with Crippen LogP contribution in [0.15, 0.2) is 27.5 Å². The molecule has 0 aliphatic rings. The van der Waals surface area contributed by atoms with E-state index in [9.17, 15) is 9.18 Å². The van der Waals surface area contributed by atoms with Crippen LogP contribution >= 0.6 is 15.9 Å². The van der Waals surface area contributed by atoms with Crippen molar-refractivity contribution in [3.63, 3.8) is 0 Å². The maximum Gasteiger partial charge on any atom is 0.265 e. The second-order valence-corrected chi connectivity index (χ2v) is 6.03. The van der Waals surface area contributed by atoms with Crippen molar-refractivity contribution in [1.82, 2.24) is 9.97 Å². The van der Waals surface area contributed by atoms with E-state index in [4.69, 9.17) is 0 Å². The molecule has 0 saturated heterocycles. The highest BCUT2D eigenvalue weighted by Gasteiger charge is 2.13. The fourth-order valence-corrected chi connectivity index (χ4v) is 2.35. The third-order valence-corrected chi connectivity index (χ3v) is 3.81. The van der Waals surface area contributed by atoms with Crippen LogP contribution in [0.25, 0.3) is 11.4 Å². The Kier molecular flexibility index (Phi) is 4.38. The quantitative estimate of drug-likeness (QED) is 0.923. The van der Waals surface area contributed by atoms with Crippen molar-refractivity contribution in [3.8, 4) is 11.4 Å². The number of H-pyrrole nitrogens is 1. The molecule has 1 N–H and O–H groups in total. The summed E-state index contributed by atoms with van der Waals surface area (Å²) in [5.74, 6) is 0.439. The molecule has 0 spiro atoms. The van der Waals surface area contributed by atoms with Crippen LogP contribution in [0.2, 0.25) is 0 Å². The molecule has 3 nitrogen and oxygen atoms in total. The lowest BCUT2D eigenvalue weighted by atomic mass is 10.1. The number of aryl methyl sites for hydroxylation is 1. The van der Waals surface area contributed by atoms with Gasteiger partial charge in [0.1, 0.15) is 16.1 Å². The van der Waals surface area contributed by atoms with E-state index in [0.29, 0.717) is 33.9 Å². The summed E-state index contributed by atoms with van der Waals surface area (Å²) < 4.78 is 13.8. The fraction of sp³-hybridized carbons (Fsp3) is 0.333. The summed E-state index contributed by atoms with van der Waals surface area (Å²) in [6.07, 6.45) is 0.686. The van der Waals surface area contributed by atoms with Crippen LogP contribution in [0, 0.1) is 18.7 Å². The highest BCUT2D eigenvalue weighted by atomic mass is 79.9. The molecule has 0 saturated carbocycles. The van der Waals surface area contributed by atoms with Crippen molar-refractivity contribution in [1.29, 1.82) is 0 Å². The molecule has 2 rings (SSSR count). The van der Waals surface area contributed by atoms with Crippen molar-refractivity contribution in [2.24, 2.45) is 5.92 Å². The zero-order chi connectivity index (χ0) is 14.9. The number of aromatic amines is 1. The SMILES string of the molecule is Cc1ccc(F)cc1-c1nc(CC(C)C)c(Br)c(=O)[nH]1. The lowest BCUT2D eigenvalue weighted by Crippen LogP contribution is -2.15. The molecule has 0 fully saturated rings. The van der Waals surface area contributed by atoms with Crippen LogP contribution in [0.3, 0.4) is 0 Å². The molecule has 1 aromatic carbocycles. The van der Waals surface area contributed by atoms with Crippen LogP contribution in [-0.2, 0) is 6.42 Å². The Morgan fingerprint density at radius 3 is 2.75 bits per heavy atom. The van der Waals surface area contributed by atoms with Gasteiger partial charge in [0.05, 0.1) is 5.69 Å². The van der Waals surface area contributed by atoms with Crippen LogP contribution in [0.1, 0.15) is 25.1 Å². The molecule has 0 aliphatic heterocycles. The van der Waals surface area contributed by atoms with Crippen LogP contribution in [-0.4, -0.2) is 9.97 Å². The van der Waals surface area contributed by atoms with Crippen molar-refractivity contribution in [2.75, 3.05) is 0 Å². The number of benzene rings is 1. The molecule has 106 valence electrons. The minimum absolute atomic E-state index is 0.241. The number of hydrogen-bond acceptors (Lipinski definition) is 2. The molecule has 1 aromatic heterocycles. The van der Waals surface area contributed by atoms with Gasteiger partial charge in [-0.2, -0.15) is 0 Å². The average molecular weight is 339 g/mol. The number of nitrogens with one attached hydrogen (secondary N) is 1. The van der Waals surface area contributed by atoms with E-state index in [-0.39, 0.29) is 11.4 Å². The Morgan fingerprint density at radius 1 is 1.40 bits per heavy atom. The molecule has 2 aromatic rings. The molecule has 0 atom stereocenters. The molecule has 0 aliphatic carbocycles. The summed E-state index contributed by atoms with van der Waals surface area (Å²) >= 11 is 3.27. The first-order chi connectivity index (χ1) is 9.38. The smallest absolute Gasteiger partial charge is 0.265 e. The molecular weight excluding hydrogens is 323 g/mol. The number of hydrogen-bond donors (Lipinski definition) is 1. The maximum absolute atomic E-state index is 13.4. The van der Waals surface area contributed by atoms with Crippen LogP contribution in [0.4, 0.5) is 4.39 Å². The number of nitrogens with zero attached hydrogens (tertiary/aromatic N) is 1. The topological polar surface area (TPSA) is 45.8 Å². The predicted octanol–water partition coefficient (Wildman–Crippen LogP) is 3.85. The number of halogens is 2. The van der Waals surface area contributed by atoms with Gasteiger partial charge < -0.3 is 4.98 Å². The third-order valence-electron chi connectivity index (χ3n) is 2.99. The largest absolute Gasteiger partial charge is 0.306 e. The normalized spacial score (nSPS) is 11.1. The Morgan fingerprint density at radius 2 is 2.10 bits per heavy atom. The molecule has 0 radical (unpaired) electrons. The van der Waals surface area contributed by atoms with Gasteiger partial charge in [0, 0.05) is 5.56 Å². The first kappa shape index (κ1) is 14.9. The minimum atomic E-state index is -0.346. The van der Waals surface area contributed by atoms with Gasteiger partial charge in [-0.05, 0) is 52.9 Å². The zero-order valence-corrected chi connectivity index (χ0v) is 13.2. The van der Waals surface area contributed by atoms with Gasteiger partial charge in [-0.25, -0.2) is 9.37 Å². The van der Waals surface area contributed by atoms with E-state index >= 15 is 0 Å². The molecule has 5 heteroatoms. The van der Waals surface area contributed by atoms with Gasteiger partial charge in [-0.3, -0.25) is 4.79 Å². The second kappa shape index (κ2) is 5.87. The fourth-order valence-electron chi connectivity index (χ4n) is 2.00. The van der Waals surface area contributed by atoms with E-state index in [0.717, 1.165) is 5.56 Å². The third kappa shape index (κ3) is 3.15. The first-order valence-electron chi connectivity index (χ1n) is 6.43. The van der Waals surface area contributed by atoms with Crippen molar-refractivity contribution in [3.05, 3.63) is 50.1 Å². The van der Waals surface area contributed by atoms with Crippen molar-refractivity contribution >= 4 is 15.9 Å². The summed E-state index contributed by atoms with van der Waals surface area (Å²) in [6.45, 7) is 5.98. The molecule has 0 amide bonds. The summed E-state index contributed by atoms with van der Waals surface area (Å²) in [5, 5.41) is 0. The summed E-state index contributed by atoms with van der Waals surface area (Å²) in [4.78, 5) is 19.1. The molecule has 0 unspecified atom stereocenters. The van der Waals surface area contributed by atoms with Gasteiger partial charge in [0.2, 0.25) is 0 Å². The van der Waals surface area contributed by atoms with Gasteiger partial charge in [0.25, 0.3) is 5.56 Å². The van der Waals surface area contributed by atoms with E-state index < -0.39 is 0 Å². The van der Waals surface area contributed by atoms with Crippen LogP contribution < -0.4 is 5.56 Å². The van der Waals surface area contributed by atoms with E-state index in [1.165, 1.54) is 12.1 Å². The van der Waals surface area contributed by atoms with Gasteiger partial charge in [0.15, 0.2) is 0 Å². The maximum atomic E-state index is 13.4.